The van der Waals surface area contributed by atoms with Crippen LogP contribution in [0.15, 0.2) is 36.4 Å². The molecule has 2 rings (SSSR count). The summed E-state index contributed by atoms with van der Waals surface area (Å²) in [6.07, 6.45) is 0. The van der Waals surface area contributed by atoms with Crippen molar-refractivity contribution < 1.29 is 14.6 Å². The fourth-order valence-corrected chi connectivity index (χ4v) is 2.13. The Bertz CT molecular complexity index is 678. The highest BCUT2D eigenvalue weighted by molar-refractivity contribution is 5.92. The van der Waals surface area contributed by atoms with Gasteiger partial charge >= 0.3 is 5.97 Å². The lowest BCUT2D eigenvalue weighted by molar-refractivity contribution is 0.0694. The van der Waals surface area contributed by atoms with Gasteiger partial charge in [-0.1, -0.05) is 26.0 Å². The van der Waals surface area contributed by atoms with E-state index in [1.165, 1.54) is 6.07 Å². The van der Waals surface area contributed by atoms with Crippen molar-refractivity contribution in [3.63, 3.8) is 0 Å². The highest BCUT2D eigenvalue weighted by Crippen LogP contribution is 2.33. The number of aromatic carboxylic acids is 1. The Balaban J connectivity index is 2.47. The molecular weight excluding hydrogens is 266 g/mol. The highest BCUT2D eigenvalue weighted by atomic mass is 16.5. The van der Waals surface area contributed by atoms with Gasteiger partial charge in [0.2, 0.25) is 0 Å². The van der Waals surface area contributed by atoms with Gasteiger partial charge in [0.15, 0.2) is 0 Å². The average molecular weight is 285 g/mol. The van der Waals surface area contributed by atoms with Gasteiger partial charge in [-0.3, -0.25) is 0 Å². The van der Waals surface area contributed by atoms with Crippen LogP contribution in [0.2, 0.25) is 0 Å². The van der Waals surface area contributed by atoms with E-state index < -0.39 is 5.97 Å². The number of hydrogen-bond acceptors (Lipinski definition) is 3. The van der Waals surface area contributed by atoms with Gasteiger partial charge in [-0.05, 0) is 48.2 Å². The summed E-state index contributed by atoms with van der Waals surface area (Å²) < 4.78 is 5.86. The molecule has 0 aliphatic heterocycles. The van der Waals surface area contributed by atoms with Gasteiger partial charge in [-0.25, -0.2) is 4.79 Å². The molecule has 0 amide bonds. The summed E-state index contributed by atoms with van der Waals surface area (Å²) in [7, 11) is 0. The summed E-state index contributed by atoms with van der Waals surface area (Å²) in [6.45, 7) is 6.11. The van der Waals surface area contributed by atoms with Crippen LogP contribution in [0.3, 0.4) is 0 Å². The second-order valence-electron chi connectivity index (χ2n) is 5.36. The van der Waals surface area contributed by atoms with Crippen LogP contribution in [0.4, 0.5) is 5.69 Å². The molecule has 4 heteroatoms. The maximum Gasteiger partial charge on any atom is 0.339 e. The first kappa shape index (κ1) is 14.9. The van der Waals surface area contributed by atoms with Gasteiger partial charge in [0.1, 0.15) is 17.1 Å². The van der Waals surface area contributed by atoms with E-state index in [0.29, 0.717) is 17.2 Å². The first-order valence-corrected chi connectivity index (χ1v) is 6.79. The Morgan fingerprint density at radius 3 is 2.48 bits per heavy atom. The number of benzene rings is 2. The van der Waals surface area contributed by atoms with Crippen LogP contribution in [-0.4, -0.2) is 11.1 Å². The average Bonchev–Trinajstić information content (AvgIpc) is 2.40. The van der Waals surface area contributed by atoms with Gasteiger partial charge < -0.3 is 15.6 Å². The van der Waals surface area contributed by atoms with Crippen LogP contribution in [0.5, 0.6) is 11.5 Å². The predicted molar refractivity (Wildman–Crippen MR) is 83.2 cm³/mol. The van der Waals surface area contributed by atoms with Crippen LogP contribution in [-0.2, 0) is 0 Å². The van der Waals surface area contributed by atoms with Crippen LogP contribution in [0.1, 0.15) is 41.3 Å². The zero-order chi connectivity index (χ0) is 15.6. The van der Waals surface area contributed by atoms with E-state index in [1.54, 1.807) is 12.1 Å². The fraction of sp³-hybridized carbons (Fsp3) is 0.235. The molecule has 0 radical (unpaired) electrons. The molecule has 110 valence electrons. The van der Waals surface area contributed by atoms with Gasteiger partial charge in [-0.15, -0.1) is 0 Å². The summed E-state index contributed by atoms with van der Waals surface area (Å²) in [5, 5.41) is 9.27. The summed E-state index contributed by atoms with van der Waals surface area (Å²) >= 11 is 0. The van der Waals surface area contributed by atoms with E-state index in [2.05, 4.69) is 13.8 Å². The number of ether oxygens (including phenoxy) is 1. The van der Waals surface area contributed by atoms with Gasteiger partial charge in [-0.2, -0.15) is 0 Å². The SMILES string of the molecule is Cc1ccc(C(C)C)c(Oc2ccc(N)cc2C(=O)O)c1. The van der Waals surface area contributed by atoms with Crippen molar-refractivity contribution in [1.82, 2.24) is 0 Å². The molecular formula is C17H19NO3. The highest BCUT2D eigenvalue weighted by Gasteiger charge is 2.15. The molecule has 0 spiro atoms. The van der Waals surface area contributed by atoms with Crippen molar-refractivity contribution in [3.05, 3.63) is 53.1 Å². The zero-order valence-corrected chi connectivity index (χ0v) is 12.4. The van der Waals surface area contributed by atoms with E-state index in [0.717, 1.165) is 11.1 Å². The number of anilines is 1. The molecule has 0 fully saturated rings. The van der Waals surface area contributed by atoms with Crippen molar-refractivity contribution in [2.45, 2.75) is 26.7 Å². The van der Waals surface area contributed by atoms with E-state index in [4.69, 9.17) is 10.5 Å². The molecule has 4 nitrogen and oxygen atoms in total. The third kappa shape index (κ3) is 3.34. The van der Waals surface area contributed by atoms with Gasteiger partial charge in [0, 0.05) is 5.69 Å². The molecule has 2 aromatic rings. The number of hydrogen-bond donors (Lipinski definition) is 2. The Hall–Kier alpha value is -2.49. The topological polar surface area (TPSA) is 72.5 Å². The standard InChI is InChI=1S/C17H19NO3/c1-10(2)13-6-4-11(3)8-16(13)21-15-7-5-12(18)9-14(15)17(19)20/h4-10H,18H2,1-3H3,(H,19,20). The molecule has 0 saturated heterocycles. The maximum absolute atomic E-state index is 11.3. The molecule has 21 heavy (non-hydrogen) atoms. The molecule has 0 bridgehead atoms. The molecule has 0 aliphatic rings. The Kier molecular flexibility index (Phi) is 4.17. The maximum atomic E-state index is 11.3. The zero-order valence-electron chi connectivity index (χ0n) is 12.4. The van der Waals surface area contributed by atoms with Crippen LogP contribution in [0.25, 0.3) is 0 Å². The monoisotopic (exact) mass is 285 g/mol. The van der Waals surface area contributed by atoms with Crippen molar-refractivity contribution in [2.75, 3.05) is 5.73 Å². The van der Waals surface area contributed by atoms with Crippen molar-refractivity contribution in [2.24, 2.45) is 0 Å². The minimum atomic E-state index is -1.06. The van der Waals surface area contributed by atoms with Crippen LogP contribution < -0.4 is 10.5 Å². The Morgan fingerprint density at radius 2 is 1.86 bits per heavy atom. The molecule has 0 unspecified atom stereocenters. The number of carboxylic acids is 1. The largest absolute Gasteiger partial charge is 0.478 e. The summed E-state index contributed by atoms with van der Waals surface area (Å²) in [5.41, 5.74) is 8.19. The van der Waals surface area contributed by atoms with Crippen LogP contribution >= 0.6 is 0 Å². The summed E-state index contributed by atoms with van der Waals surface area (Å²) in [5.74, 6) is 0.195. The fourth-order valence-electron chi connectivity index (χ4n) is 2.13. The van der Waals surface area contributed by atoms with E-state index >= 15 is 0 Å². The first-order valence-electron chi connectivity index (χ1n) is 6.79. The smallest absolute Gasteiger partial charge is 0.339 e. The molecule has 2 aromatic carbocycles. The molecule has 0 atom stereocenters. The number of nitrogen functional groups attached to an aromatic ring is 1. The minimum absolute atomic E-state index is 0.0613. The van der Waals surface area contributed by atoms with Crippen molar-refractivity contribution in [1.29, 1.82) is 0 Å². The molecule has 0 saturated carbocycles. The van der Waals surface area contributed by atoms with Gasteiger partial charge in [0.25, 0.3) is 0 Å². The third-order valence-electron chi connectivity index (χ3n) is 3.25. The molecule has 0 aromatic heterocycles. The number of carboxylic acid groups (broad SMARTS) is 1. The second kappa shape index (κ2) is 5.87. The normalized spacial score (nSPS) is 10.7. The minimum Gasteiger partial charge on any atom is -0.478 e. The molecule has 3 N–H and O–H groups in total. The first-order chi connectivity index (χ1) is 9.88. The number of nitrogens with two attached hydrogens (primary N) is 1. The van der Waals surface area contributed by atoms with E-state index in [1.807, 2.05) is 25.1 Å². The quantitative estimate of drug-likeness (QED) is 0.826. The van der Waals surface area contributed by atoms with Crippen molar-refractivity contribution >= 4 is 11.7 Å². The predicted octanol–water partition coefficient (Wildman–Crippen LogP) is 4.19. The van der Waals surface area contributed by atoms with Crippen LogP contribution in [0, 0.1) is 6.92 Å². The van der Waals surface area contributed by atoms with E-state index in [9.17, 15) is 9.90 Å². The molecule has 0 aliphatic carbocycles. The Morgan fingerprint density at radius 1 is 1.14 bits per heavy atom. The Labute approximate surface area is 124 Å². The second-order valence-corrected chi connectivity index (χ2v) is 5.36. The number of aryl methyl sites for hydroxylation is 1. The molecule has 0 heterocycles. The lowest BCUT2D eigenvalue weighted by Crippen LogP contribution is -2.03. The third-order valence-corrected chi connectivity index (χ3v) is 3.25. The number of carbonyl (C=O) groups is 1. The van der Waals surface area contributed by atoms with Gasteiger partial charge in [0.05, 0.1) is 0 Å². The summed E-state index contributed by atoms with van der Waals surface area (Å²) in [6, 6.07) is 10.6. The lowest BCUT2D eigenvalue weighted by Gasteiger charge is -2.16. The van der Waals surface area contributed by atoms with Crippen molar-refractivity contribution in [3.8, 4) is 11.5 Å². The summed E-state index contributed by atoms with van der Waals surface area (Å²) in [4.78, 5) is 11.3. The lowest BCUT2D eigenvalue weighted by atomic mass is 10.0. The number of rotatable bonds is 4. The van der Waals surface area contributed by atoms with E-state index in [-0.39, 0.29) is 11.5 Å².